The van der Waals surface area contributed by atoms with Gasteiger partial charge in [-0.2, -0.15) is 0 Å². The zero-order chi connectivity index (χ0) is 27.9. The van der Waals surface area contributed by atoms with Crippen molar-refractivity contribution in [2.45, 2.75) is 0 Å². The van der Waals surface area contributed by atoms with Gasteiger partial charge in [0.2, 0.25) is 0 Å². The Hall–Kier alpha value is -5.60. The Bertz CT molecular complexity index is 2220. The summed E-state index contributed by atoms with van der Waals surface area (Å²) in [5, 5.41) is 8.42. The van der Waals surface area contributed by atoms with Crippen LogP contribution in [0.25, 0.3) is 66.1 Å². The Kier molecular flexibility index (Phi) is 5.82. The van der Waals surface area contributed by atoms with Crippen molar-refractivity contribution in [1.29, 1.82) is 0 Å². The largest absolute Gasteiger partial charge is 0.455 e. The number of anilines is 2. The first-order chi connectivity index (χ1) is 20.8. The Balaban J connectivity index is 1.09. The van der Waals surface area contributed by atoms with E-state index >= 15 is 0 Å². The van der Waals surface area contributed by atoms with Gasteiger partial charge in [0, 0.05) is 27.7 Å². The monoisotopic (exact) mass is 537 g/mol. The zero-order valence-corrected chi connectivity index (χ0v) is 22.9. The quantitative estimate of drug-likeness (QED) is 0.236. The molecular weight excluding hydrogens is 510 g/mol. The fourth-order valence-corrected chi connectivity index (χ4v) is 5.99. The summed E-state index contributed by atoms with van der Waals surface area (Å²) in [7, 11) is 0. The second-order valence-electron chi connectivity index (χ2n) is 10.7. The van der Waals surface area contributed by atoms with E-state index in [0.717, 1.165) is 55.6 Å². The van der Waals surface area contributed by atoms with Crippen LogP contribution in [0.5, 0.6) is 0 Å². The van der Waals surface area contributed by atoms with Crippen molar-refractivity contribution in [2.75, 3.05) is 5.32 Å². The summed E-state index contributed by atoms with van der Waals surface area (Å²) in [4.78, 5) is 0. The highest BCUT2D eigenvalue weighted by molar-refractivity contribution is 6.09. The molecule has 1 aromatic heterocycles. The number of rotatable bonds is 5. The van der Waals surface area contributed by atoms with Crippen LogP contribution >= 0.6 is 0 Å². The predicted octanol–water partition coefficient (Wildman–Crippen LogP) is 11.5. The molecule has 1 heterocycles. The summed E-state index contributed by atoms with van der Waals surface area (Å²) in [5.74, 6) is 0. The average molecular weight is 538 g/mol. The number of fused-ring (bicyclic) bond motifs is 4. The van der Waals surface area contributed by atoms with E-state index in [9.17, 15) is 0 Å². The molecule has 0 saturated heterocycles. The molecule has 0 aliphatic carbocycles. The van der Waals surface area contributed by atoms with Gasteiger partial charge in [-0.25, -0.2) is 0 Å². The van der Waals surface area contributed by atoms with E-state index in [-0.39, 0.29) is 0 Å². The van der Waals surface area contributed by atoms with Crippen molar-refractivity contribution < 1.29 is 4.42 Å². The first kappa shape index (κ1) is 24.2. The molecule has 0 unspecified atom stereocenters. The molecule has 8 rings (SSSR count). The van der Waals surface area contributed by atoms with E-state index in [4.69, 9.17) is 4.42 Å². The molecule has 1 N–H and O–H groups in total. The van der Waals surface area contributed by atoms with E-state index in [2.05, 4.69) is 151 Å². The lowest BCUT2D eigenvalue weighted by molar-refractivity contribution is 0.670. The normalized spacial score (nSPS) is 11.3. The van der Waals surface area contributed by atoms with Crippen molar-refractivity contribution in [1.82, 2.24) is 0 Å². The molecule has 0 fully saturated rings. The van der Waals surface area contributed by atoms with Crippen molar-refractivity contribution in [3.05, 3.63) is 158 Å². The summed E-state index contributed by atoms with van der Waals surface area (Å²) in [6, 6.07) is 55.6. The first-order valence-corrected chi connectivity index (χ1v) is 14.3. The Morgan fingerprint density at radius 1 is 0.381 bits per heavy atom. The van der Waals surface area contributed by atoms with Crippen LogP contribution in [0.2, 0.25) is 0 Å². The molecule has 0 aliphatic heterocycles. The molecule has 0 bridgehead atoms. The van der Waals surface area contributed by atoms with E-state index in [0.29, 0.717) is 0 Å². The highest BCUT2D eigenvalue weighted by atomic mass is 16.3. The highest BCUT2D eigenvalue weighted by Crippen LogP contribution is 2.37. The fourth-order valence-electron chi connectivity index (χ4n) is 5.99. The van der Waals surface area contributed by atoms with Gasteiger partial charge < -0.3 is 9.73 Å². The summed E-state index contributed by atoms with van der Waals surface area (Å²) in [6.07, 6.45) is 0. The van der Waals surface area contributed by atoms with E-state index < -0.39 is 0 Å². The molecule has 8 aromatic rings. The second kappa shape index (κ2) is 10.1. The summed E-state index contributed by atoms with van der Waals surface area (Å²) >= 11 is 0. The molecule has 42 heavy (non-hydrogen) atoms. The van der Waals surface area contributed by atoms with E-state index in [1.807, 2.05) is 12.1 Å². The zero-order valence-electron chi connectivity index (χ0n) is 22.9. The molecule has 7 aromatic carbocycles. The SMILES string of the molecule is c1cc(Nc2ccc(-c3cccc4ccccc34)cc2)cc(-c2cccc(-c3cccc4c3oc3ccccc34)c2)c1. The van der Waals surface area contributed by atoms with Gasteiger partial charge in [0.1, 0.15) is 11.2 Å². The molecule has 0 saturated carbocycles. The summed E-state index contributed by atoms with van der Waals surface area (Å²) in [5.41, 5.74) is 11.0. The van der Waals surface area contributed by atoms with Gasteiger partial charge >= 0.3 is 0 Å². The van der Waals surface area contributed by atoms with Crippen LogP contribution in [0.15, 0.2) is 162 Å². The highest BCUT2D eigenvalue weighted by Gasteiger charge is 2.12. The summed E-state index contributed by atoms with van der Waals surface area (Å²) in [6.45, 7) is 0. The lowest BCUT2D eigenvalue weighted by Crippen LogP contribution is -1.91. The minimum absolute atomic E-state index is 0.917. The molecular formula is C40H27NO. The van der Waals surface area contributed by atoms with E-state index in [1.165, 1.54) is 21.9 Å². The lowest BCUT2D eigenvalue weighted by Gasteiger charge is -2.12. The van der Waals surface area contributed by atoms with Gasteiger partial charge in [-0.3, -0.25) is 0 Å². The maximum Gasteiger partial charge on any atom is 0.143 e. The first-order valence-electron chi connectivity index (χ1n) is 14.3. The Morgan fingerprint density at radius 3 is 1.93 bits per heavy atom. The van der Waals surface area contributed by atoms with Gasteiger partial charge in [-0.05, 0) is 75.0 Å². The number of para-hydroxylation sites is 2. The van der Waals surface area contributed by atoms with Crippen LogP contribution in [-0.4, -0.2) is 0 Å². The number of furan rings is 1. The van der Waals surface area contributed by atoms with Crippen LogP contribution in [0.3, 0.4) is 0 Å². The van der Waals surface area contributed by atoms with Crippen LogP contribution in [0, 0.1) is 0 Å². The van der Waals surface area contributed by atoms with Crippen LogP contribution in [0.1, 0.15) is 0 Å². The van der Waals surface area contributed by atoms with Crippen molar-refractivity contribution >= 4 is 44.1 Å². The number of nitrogens with one attached hydrogen (secondary N) is 1. The third-order valence-corrected chi connectivity index (χ3v) is 8.05. The second-order valence-corrected chi connectivity index (χ2v) is 10.7. The van der Waals surface area contributed by atoms with E-state index in [1.54, 1.807) is 0 Å². The molecule has 2 heteroatoms. The van der Waals surface area contributed by atoms with Gasteiger partial charge in [0.15, 0.2) is 0 Å². The number of benzene rings is 7. The van der Waals surface area contributed by atoms with Gasteiger partial charge in [-0.1, -0.05) is 121 Å². The molecule has 0 amide bonds. The Labute approximate surface area is 244 Å². The lowest BCUT2D eigenvalue weighted by atomic mass is 9.97. The topological polar surface area (TPSA) is 25.2 Å². The maximum atomic E-state index is 6.32. The standard InChI is InChI=1S/C40H27NO/c1-2-15-34-27(9-1)10-7-17-35(34)28-21-23-32(24-22-28)41-33-14-6-12-30(26-33)29-11-5-13-31(25-29)36-18-8-19-38-37-16-3-4-20-39(37)42-40(36)38/h1-26,41H. The third-order valence-electron chi connectivity index (χ3n) is 8.05. The van der Waals surface area contributed by atoms with Crippen LogP contribution in [-0.2, 0) is 0 Å². The minimum Gasteiger partial charge on any atom is -0.455 e. The Morgan fingerprint density at radius 2 is 1.02 bits per heavy atom. The summed E-state index contributed by atoms with van der Waals surface area (Å²) < 4.78 is 6.32. The number of hydrogen-bond donors (Lipinski definition) is 1. The average Bonchev–Trinajstić information content (AvgIpc) is 3.44. The van der Waals surface area contributed by atoms with Gasteiger partial charge in [0.05, 0.1) is 0 Å². The molecule has 0 atom stereocenters. The smallest absolute Gasteiger partial charge is 0.143 e. The maximum absolute atomic E-state index is 6.32. The predicted molar refractivity (Wildman–Crippen MR) is 177 cm³/mol. The van der Waals surface area contributed by atoms with Crippen LogP contribution < -0.4 is 5.32 Å². The van der Waals surface area contributed by atoms with Gasteiger partial charge in [-0.15, -0.1) is 0 Å². The molecule has 198 valence electrons. The molecule has 0 radical (unpaired) electrons. The number of hydrogen-bond acceptors (Lipinski definition) is 2. The fraction of sp³-hybridized carbons (Fsp3) is 0. The van der Waals surface area contributed by atoms with Gasteiger partial charge in [0.25, 0.3) is 0 Å². The van der Waals surface area contributed by atoms with Crippen molar-refractivity contribution in [2.24, 2.45) is 0 Å². The minimum atomic E-state index is 0.917. The molecule has 0 spiro atoms. The molecule has 0 aliphatic rings. The van der Waals surface area contributed by atoms with Crippen molar-refractivity contribution in [3.63, 3.8) is 0 Å². The third kappa shape index (κ3) is 4.31. The molecule has 2 nitrogen and oxygen atoms in total. The van der Waals surface area contributed by atoms with Crippen molar-refractivity contribution in [3.8, 4) is 33.4 Å². The van der Waals surface area contributed by atoms with Crippen LogP contribution in [0.4, 0.5) is 11.4 Å².